The number of methoxy groups -OCH3 is 1. The quantitative estimate of drug-likeness (QED) is 0.0265. The zero-order chi connectivity index (χ0) is 107. The summed E-state index contributed by atoms with van der Waals surface area (Å²) in [6.45, 7) is 37.2. The van der Waals surface area contributed by atoms with Gasteiger partial charge in [-0.2, -0.15) is 29.6 Å². The fourth-order valence-electron chi connectivity index (χ4n) is 20.1. The van der Waals surface area contributed by atoms with Gasteiger partial charge in [0.25, 0.3) is 53.7 Å². The van der Waals surface area contributed by atoms with Crippen molar-refractivity contribution in [3.05, 3.63) is 234 Å². The lowest BCUT2D eigenvalue weighted by molar-refractivity contribution is 0.0970. The summed E-state index contributed by atoms with van der Waals surface area (Å²) in [7, 11) is -15.4. The largest absolute Gasteiger partial charge is 0.497 e. The van der Waals surface area contributed by atoms with Crippen molar-refractivity contribution in [2.24, 2.45) is 35.3 Å². The molecular formula is C105H129F3N22O14S4. The van der Waals surface area contributed by atoms with Crippen LogP contribution in [-0.2, 0) is 40.3 Å². The number of amides is 4. The van der Waals surface area contributed by atoms with Gasteiger partial charge in [-0.1, -0.05) is 66.7 Å². The van der Waals surface area contributed by atoms with Crippen LogP contribution in [0.1, 0.15) is 182 Å². The molecule has 0 bridgehead atoms. The minimum atomic E-state index is -4.31. The highest BCUT2D eigenvalue weighted by Gasteiger charge is 2.46. The highest BCUT2D eigenvalue weighted by atomic mass is 32.2. The third-order valence-electron chi connectivity index (χ3n) is 27.0. The van der Waals surface area contributed by atoms with Crippen molar-refractivity contribution < 1.29 is 75.5 Å². The van der Waals surface area contributed by atoms with Crippen molar-refractivity contribution in [2.75, 3.05) is 120 Å². The molecule has 4 amide bonds. The molecule has 10 N–H and O–H groups in total. The molecule has 0 radical (unpaired) electrons. The van der Waals surface area contributed by atoms with Crippen molar-refractivity contribution in [3.8, 4) is 45.3 Å². The Balaban J connectivity index is 0.000000156. The number of aryl methyl sites for hydroxylation is 1. The fourth-order valence-corrected chi connectivity index (χ4v) is 24.2. The number of nitrogens with one attached hydrogen (secondary N) is 4. The average Bonchev–Trinajstić information content (AvgIpc) is 1.59. The number of aromatic nitrogens is 8. The third kappa shape index (κ3) is 25.8. The number of hydrogen-bond donors (Lipinski definition) is 7. The molecule has 0 spiro atoms. The Bertz CT molecular complexity index is 7240. The first kappa shape index (κ1) is 110. The molecule has 788 valence electrons. The van der Waals surface area contributed by atoms with Gasteiger partial charge in [0.1, 0.15) is 80.4 Å². The molecule has 14 heterocycles. The number of sulfonamides is 3. The Hall–Kier alpha value is -13.8. The molecule has 3 aromatic carbocycles. The maximum Gasteiger partial charge on any atom is 0.304 e. The van der Waals surface area contributed by atoms with Gasteiger partial charge in [-0.25, -0.2) is 80.3 Å². The standard InChI is InChI=1S/C29H36FN5O4S.C27H33N7O3S.C25H28FN5O4S.C24H32FN5O3S/c1-6-29(5)15-19(4)16-35(29)27-23(28(36)34-40(37,38)26-9-7-8-25(31)33-26)10-11-24(32-27)20-12-21(30)14-22(13-20)39-17-18(2)3;1-20-18-27(2,3)34(19-20)25-21(8-7-13-29-25)26(35)31-38(36,37)24-11-6-10-23(30-24)33-16-14-32(15-17-33)22-9-4-5-12-28-22;1-15-13-25(2,3)31(14-15)23-18(24(32)30-36(33,34)21-6-5-11-28-22(21)27)9-10-20(29-23)17-8-7-16(35-4)12-19(17)26;1-15-9-17(11-18(25)10-15)21-6-5-20(22(27-21)30-13-16(2)12-24(30,3)4)23(31)28-34(32,33)29-8-7-19(26)14-29/h7-14,18-19H,6,15-17H2,1-5H3,(H2,31,33)(H,34,36);4-13,20H,14-19H2,1-3H3,(H,31,35);5-12,15H,13-14H2,1-4H3,(H2,27,28)(H,30,32);5-6,9-11,16,19H,7-8,12-14,26H2,1-4H3,(H,28,31)/t;;15-;16-,19-/m..00/s1. The van der Waals surface area contributed by atoms with Crippen LogP contribution in [-0.4, -0.2) is 209 Å². The van der Waals surface area contributed by atoms with Crippen LogP contribution in [0, 0.1) is 54.0 Å². The number of nitrogens with two attached hydrogens (primary N) is 3. The van der Waals surface area contributed by atoms with Crippen LogP contribution in [0.4, 0.5) is 59.7 Å². The van der Waals surface area contributed by atoms with E-state index < -0.39 is 75.5 Å². The Morgan fingerprint density at radius 3 is 1.44 bits per heavy atom. The molecule has 0 aliphatic carbocycles. The summed E-state index contributed by atoms with van der Waals surface area (Å²) >= 11 is 0. The molecule has 0 saturated carbocycles. The SMILES string of the molecule is CC1CN(c2ncccc2C(=O)NS(=O)(=O)c2cccc(N3CCN(c4ccccn4)CC3)n2)C(C)(C)C1.CCC1(C)CC(C)CN1c1nc(-c2cc(F)cc(OCC(C)C)c2)ccc1C(=O)NS(=O)(=O)c1cccc(N)n1.COc1ccc(-c2ccc(C(=O)NS(=O)(=O)c3cccnc3N)c(N3C[C@@H](C)CC3(C)C)n2)c(F)c1.Cc1cc(F)cc(-c2ccc(C(=O)NS(=O)(=O)N3CC[C@H](N)C3)c(N3C[C@@H](C)CC3(C)C)n2)c1. The van der Waals surface area contributed by atoms with Crippen LogP contribution in [0.15, 0.2) is 203 Å². The second kappa shape index (κ2) is 44.7. The van der Waals surface area contributed by atoms with Gasteiger partial charge in [-0.15, -0.1) is 0 Å². The Kier molecular flexibility index (Phi) is 33.2. The van der Waals surface area contributed by atoms with E-state index in [2.05, 4.69) is 133 Å². The fraction of sp³-hybridized carbons (Fsp3) is 0.410. The summed E-state index contributed by atoms with van der Waals surface area (Å²) in [5, 5.41) is -0.565. The molecule has 3 unspecified atom stereocenters. The zero-order valence-electron chi connectivity index (χ0n) is 85.8. The highest BCUT2D eigenvalue weighted by molar-refractivity contribution is 7.90. The molecule has 8 aromatic heterocycles. The summed E-state index contributed by atoms with van der Waals surface area (Å²) in [5.41, 5.74) is 19.8. The van der Waals surface area contributed by atoms with Gasteiger partial charge in [-0.05, 0) is 269 Å². The van der Waals surface area contributed by atoms with E-state index in [1.54, 1.807) is 80.0 Å². The van der Waals surface area contributed by atoms with Crippen molar-refractivity contribution in [1.29, 1.82) is 0 Å². The molecule has 6 atom stereocenters. The lowest BCUT2D eigenvalue weighted by Gasteiger charge is -2.36. The molecule has 6 saturated heterocycles. The minimum Gasteiger partial charge on any atom is -0.497 e. The third-order valence-corrected chi connectivity index (χ3v) is 32.3. The normalized spacial score (nSPS) is 19.6. The van der Waals surface area contributed by atoms with E-state index in [1.807, 2.05) is 66.7 Å². The molecule has 6 aliphatic heterocycles. The van der Waals surface area contributed by atoms with Gasteiger partial charge in [0.05, 0.1) is 53.1 Å². The minimum absolute atomic E-state index is 0.0126. The predicted octanol–water partition coefficient (Wildman–Crippen LogP) is 14.4. The van der Waals surface area contributed by atoms with Gasteiger partial charge >= 0.3 is 10.2 Å². The number of nitrogen functional groups attached to an aromatic ring is 2. The molecule has 6 aliphatic rings. The van der Waals surface area contributed by atoms with Gasteiger partial charge in [0, 0.05) is 141 Å². The lowest BCUT2D eigenvalue weighted by atomic mass is 9.92. The van der Waals surface area contributed by atoms with Crippen molar-refractivity contribution in [1.82, 2.24) is 63.1 Å². The van der Waals surface area contributed by atoms with Crippen LogP contribution in [0.25, 0.3) is 33.8 Å². The predicted molar refractivity (Wildman–Crippen MR) is 565 cm³/mol. The van der Waals surface area contributed by atoms with E-state index in [0.717, 1.165) is 63.1 Å². The van der Waals surface area contributed by atoms with Crippen LogP contribution in [0.2, 0.25) is 0 Å². The van der Waals surface area contributed by atoms with Gasteiger partial charge in [0.2, 0.25) is 0 Å². The van der Waals surface area contributed by atoms with Crippen molar-refractivity contribution in [3.63, 3.8) is 0 Å². The van der Waals surface area contributed by atoms with Gasteiger partial charge in [-0.3, -0.25) is 19.2 Å². The number of ether oxygens (including phenoxy) is 2. The molecule has 17 rings (SSSR count). The maximum absolute atomic E-state index is 14.8. The monoisotopic (exact) mass is 2110 g/mol. The zero-order valence-corrected chi connectivity index (χ0v) is 89.1. The molecule has 11 aromatic rings. The lowest BCUT2D eigenvalue weighted by Crippen LogP contribution is -2.47. The first-order chi connectivity index (χ1) is 69.7. The topological polar surface area (TPSA) is 475 Å². The summed E-state index contributed by atoms with van der Waals surface area (Å²) in [4.78, 5) is 101. The Morgan fingerprint density at radius 2 is 0.932 bits per heavy atom. The summed E-state index contributed by atoms with van der Waals surface area (Å²) < 4.78 is 168. The Morgan fingerprint density at radius 1 is 0.459 bits per heavy atom. The summed E-state index contributed by atoms with van der Waals surface area (Å²) in [6.07, 6.45) is 9.62. The number of anilines is 8. The maximum atomic E-state index is 14.8. The van der Waals surface area contributed by atoms with E-state index in [-0.39, 0.29) is 113 Å². The first-order valence-corrected chi connectivity index (χ1v) is 54.9. The number of pyridine rings is 8. The van der Waals surface area contributed by atoms with Gasteiger partial charge in [0.15, 0.2) is 10.1 Å². The molecule has 36 nitrogen and oxygen atoms in total. The van der Waals surface area contributed by atoms with E-state index in [0.29, 0.717) is 132 Å². The van der Waals surface area contributed by atoms with Crippen LogP contribution >= 0.6 is 0 Å². The number of benzene rings is 3. The van der Waals surface area contributed by atoms with Gasteiger partial charge < -0.3 is 56.1 Å². The summed E-state index contributed by atoms with van der Waals surface area (Å²) in [5.74, 6) is 0.567. The number of rotatable bonds is 26. The number of nitrogens with zero attached hydrogens (tertiary/aromatic N) is 15. The molecule has 6 fully saturated rings. The number of halogens is 3. The summed E-state index contributed by atoms with van der Waals surface area (Å²) in [6, 6.07) is 43.2. The number of piperazine rings is 1. The van der Waals surface area contributed by atoms with E-state index in [9.17, 15) is 66.0 Å². The van der Waals surface area contributed by atoms with E-state index in [4.69, 9.17) is 36.6 Å². The first-order valence-electron chi connectivity index (χ1n) is 49.0. The molecular weight excluding hydrogens is 1980 g/mol. The molecule has 148 heavy (non-hydrogen) atoms. The highest BCUT2D eigenvalue weighted by Crippen LogP contribution is 2.45. The van der Waals surface area contributed by atoms with E-state index in [1.165, 1.54) is 103 Å². The number of carbonyl (C=O) groups is 4. The van der Waals surface area contributed by atoms with Crippen molar-refractivity contribution >= 4 is 110 Å². The van der Waals surface area contributed by atoms with Crippen LogP contribution < -0.4 is 75.0 Å². The van der Waals surface area contributed by atoms with Crippen LogP contribution in [0.3, 0.4) is 0 Å². The van der Waals surface area contributed by atoms with Crippen LogP contribution in [0.5, 0.6) is 11.5 Å². The second-order valence-corrected chi connectivity index (χ2v) is 47.8. The number of carbonyl (C=O) groups excluding carboxylic acids is 4. The Labute approximate surface area is 863 Å². The second-order valence-electron chi connectivity index (χ2n) is 41.2. The smallest absolute Gasteiger partial charge is 0.304 e. The number of hydrogen-bond acceptors (Lipinski definition) is 31. The average molecular weight is 2110 g/mol. The van der Waals surface area contributed by atoms with Crippen molar-refractivity contribution in [2.45, 2.75) is 186 Å². The van der Waals surface area contributed by atoms with E-state index >= 15 is 0 Å². The molecule has 43 heteroatoms.